The number of carbonyl (C=O) groups is 1. The van der Waals surface area contributed by atoms with E-state index in [1.54, 1.807) is 4.90 Å². The summed E-state index contributed by atoms with van der Waals surface area (Å²) in [7, 11) is 0. The van der Waals surface area contributed by atoms with Crippen LogP contribution in [0, 0.1) is 0 Å². The lowest BCUT2D eigenvalue weighted by Crippen LogP contribution is -2.38. The molecule has 5 heteroatoms. The number of hydrogen-bond acceptors (Lipinski definition) is 2. The molecule has 0 aliphatic heterocycles. The lowest BCUT2D eigenvalue weighted by molar-refractivity contribution is -0.130. The third-order valence-corrected chi connectivity index (χ3v) is 2.73. The maximum Gasteiger partial charge on any atom is 0.224 e. The lowest BCUT2D eigenvalue weighted by Gasteiger charge is -2.18. The van der Waals surface area contributed by atoms with Crippen molar-refractivity contribution in [1.29, 1.82) is 0 Å². The Labute approximate surface area is 104 Å². The van der Waals surface area contributed by atoms with Crippen LogP contribution >= 0.6 is 0 Å². The number of aliphatic imine (C=N–C) groups is 1. The zero-order valence-corrected chi connectivity index (χ0v) is 11.5. The number of nitrogens with one attached hydrogen (secondary N) is 1. The van der Waals surface area contributed by atoms with Crippen molar-refractivity contribution in [1.82, 2.24) is 10.2 Å². The summed E-state index contributed by atoms with van der Waals surface area (Å²) in [5.41, 5.74) is 5.69. The predicted molar refractivity (Wildman–Crippen MR) is 71.9 cm³/mol. The summed E-state index contributed by atoms with van der Waals surface area (Å²) in [6.45, 7) is 10.0. The van der Waals surface area contributed by atoms with Crippen LogP contribution in [0.4, 0.5) is 0 Å². The molecule has 0 aromatic rings. The van der Waals surface area contributed by atoms with Gasteiger partial charge in [-0.25, -0.2) is 0 Å². The summed E-state index contributed by atoms with van der Waals surface area (Å²) >= 11 is 0. The van der Waals surface area contributed by atoms with E-state index in [1.807, 2.05) is 20.8 Å². The molecule has 5 nitrogen and oxygen atoms in total. The third-order valence-electron chi connectivity index (χ3n) is 2.73. The molecule has 1 unspecified atom stereocenters. The molecule has 0 aromatic heterocycles. The van der Waals surface area contributed by atoms with E-state index < -0.39 is 0 Å². The molecule has 0 aliphatic carbocycles. The van der Waals surface area contributed by atoms with Crippen LogP contribution in [0.25, 0.3) is 0 Å². The van der Waals surface area contributed by atoms with Crippen molar-refractivity contribution in [3.8, 4) is 0 Å². The monoisotopic (exact) mass is 242 g/mol. The molecule has 0 saturated carbocycles. The molecule has 1 amide bonds. The number of nitrogens with zero attached hydrogens (tertiary/aromatic N) is 2. The minimum atomic E-state index is 0.134. The number of carbonyl (C=O) groups excluding carboxylic acids is 1. The van der Waals surface area contributed by atoms with Crippen LogP contribution in [0.3, 0.4) is 0 Å². The Hall–Kier alpha value is -1.26. The van der Waals surface area contributed by atoms with Gasteiger partial charge in [-0.05, 0) is 27.2 Å². The first-order valence-electron chi connectivity index (χ1n) is 6.39. The molecular formula is C12H26N4O. The van der Waals surface area contributed by atoms with Crippen molar-refractivity contribution in [3.05, 3.63) is 0 Å². The maximum absolute atomic E-state index is 11.7. The van der Waals surface area contributed by atoms with Gasteiger partial charge >= 0.3 is 0 Å². The van der Waals surface area contributed by atoms with Crippen LogP contribution in [0.15, 0.2) is 4.99 Å². The third kappa shape index (κ3) is 6.81. The first-order valence-corrected chi connectivity index (χ1v) is 6.39. The van der Waals surface area contributed by atoms with Gasteiger partial charge in [-0.2, -0.15) is 0 Å². The average molecular weight is 242 g/mol. The SMILES string of the molecule is CCC(C)NC(N)=NCCC(=O)N(CC)CC. The topological polar surface area (TPSA) is 70.7 Å². The highest BCUT2D eigenvalue weighted by molar-refractivity contribution is 5.79. The number of amides is 1. The van der Waals surface area contributed by atoms with Gasteiger partial charge in [0.1, 0.15) is 0 Å². The highest BCUT2D eigenvalue weighted by Crippen LogP contribution is 1.94. The fourth-order valence-electron chi connectivity index (χ4n) is 1.41. The molecule has 1 atom stereocenters. The second-order valence-electron chi connectivity index (χ2n) is 4.04. The highest BCUT2D eigenvalue weighted by Gasteiger charge is 2.08. The van der Waals surface area contributed by atoms with Crippen molar-refractivity contribution < 1.29 is 4.79 Å². The summed E-state index contributed by atoms with van der Waals surface area (Å²) in [5.74, 6) is 0.557. The van der Waals surface area contributed by atoms with Gasteiger partial charge in [0, 0.05) is 25.6 Å². The molecule has 0 spiro atoms. The molecule has 0 saturated heterocycles. The van der Waals surface area contributed by atoms with Crippen LogP contribution in [0.5, 0.6) is 0 Å². The predicted octanol–water partition coefficient (Wildman–Crippen LogP) is 0.948. The smallest absolute Gasteiger partial charge is 0.224 e. The van der Waals surface area contributed by atoms with E-state index >= 15 is 0 Å². The van der Waals surface area contributed by atoms with E-state index in [-0.39, 0.29) is 5.91 Å². The van der Waals surface area contributed by atoms with E-state index in [0.29, 0.717) is 25.0 Å². The van der Waals surface area contributed by atoms with E-state index in [4.69, 9.17) is 5.73 Å². The fraction of sp³-hybridized carbons (Fsp3) is 0.833. The summed E-state index contributed by atoms with van der Waals surface area (Å²) < 4.78 is 0. The van der Waals surface area contributed by atoms with Crippen LogP contribution < -0.4 is 11.1 Å². The van der Waals surface area contributed by atoms with E-state index in [9.17, 15) is 4.79 Å². The average Bonchev–Trinajstić information content (AvgIpc) is 2.30. The van der Waals surface area contributed by atoms with Crippen LogP contribution in [0.2, 0.25) is 0 Å². The van der Waals surface area contributed by atoms with E-state index in [1.165, 1.54) is 0 Å². The standard InChI is InChI=1S/C12H26N4O/c1-5-10(4)15-12(13)14-9-8-11(17)16(6-2)7-3/h10H,5-9H2,1-4H3,(H3,13,14,15). The molecule has 0 radical (unpaired) electrons. The van der Waals surface area contributed by atoms with Gasteiger partial charge < -0.3 is 16.0 Å². The van der Waals surface area contributed by atoms with E-state index in [2.05, 4.69) is 17.2 Å². The molecule has 100 valence electrons. The van der Waals surface area contributed by atoms with Crippen molar-refractivity contribution in [2.75, 3.05) is 19.6 Å². The number of nitrogens with two attached hydrogens (primary N) is 1. The zero-order chi connectivity index (χ0) is 13.3. The van der Waals surface area contributed by atoms with Gasteiger partial charge in [-0.3, -0.25) is 9.79 Å². The van der Waals surface area contributed by atoms with E-state index in [0.717, 1.165) is 19.5 Å². The Morgan fingerprint density at radius 2 is 1.94 bits per heavy atom. The largest absolute Gasteiger partial charge is 0.370 e. The molecule has 0 aliphatic rings. The summed E-state index contributed by atoms with van der Waals surface area (Å²) in [4.78, 5) is 17.6. The first-order chi connectivity index (χ1) is 8.04. The first kappa shape index (κ1) is 15.7. The molecule has 0 rings (SSSR count). The van der Waals surface area contributed by atoms with Gasteiger partial charge in [-0.15, -0.1) is 0 Å². The quantitative estimate of drug-likeness (QED) is 0.516. The number of hydrogen-bond donors (Lipinski definition) is 2. The van der Waals surface area contributed by atoms with Gasteiger partial charge in [0.05, 0.1) is 6.54 Å². The van der Waals surface area contributed by atoms with Crippen LogP contribution in [-0.2, 0) is 4.79 Å². The number of guanidine groups is 1. The van der Waals surface area contributed by atoms with Crippen LogP contribution in [0.1, 0.15) is 40.5 Å². The Morgan fingerprint density at radius 1 is 1.35 bits per heavy atom. The molecule has 3 N–H and O–H groups in total. The van der Waals surface area contributed by atoms with Crippen molar-refractivity contribution >= 4 is 11.9 Å². The van der Waals surface area contributed by atoms with Gasteiger partial charge in [0.25, 0.3) is 0 Å². The Kier molecular flexibility index (Phi) is 8.19. The van der Waals surface area contributed by atoms with Crippen molar-refractivity contribution in [2.45, 2.75) is 46.6 Å². The second kappa shape index (κ2) is 8.84. The summed E-state index contributed by atoms with van der Waals surface area (Å²) in [6, 6.07) is 0.317. The minimum absolute atomic E-state index is 0.134. The van der Waals surface area contributed by atoms with Gasteiger partial charge in [-0.1, -0.05) is 6.92 Å². The number of rotatable bonds is 7. The zero-order valence-electron chi connectivity index (χ0n) is 11.5. The molecule has 0 heterocycles. The highest BCUT2D eigenvalue weighted by atomic mass is 16.2. The molecule has 0 fully saturated rings. The normalized spacial score (nSPS) is 13.3. The van der Waals surface area contributed by atoms with Gasteiger partial charge in [0.15, 0.2) is 5.96 Å². The van der Waals surface area contributed by atoms with Crippen molar-refractivity contribution in [3.63, 3.8) is 0 Å². The lowest BCUT2D eigenvalue weighted by atomic mass is 10.3. The maximum atomic E-state index is 11.7. The van der Waals surface area contributed by atoms with Crippen molar-refractivity contribution in [2.24, 2.45) is 10.7 Å². The summed E-state index contributed by atoms with van der Waals surface area (Å²) in [6.07, 6.45) is 1.42. The summed E-state index contributed by atoms with van der Waals surface area (Å²) in [5, 5.41) is 3.06. The molecular weight excluding hydrogens is 216 g/mol. The molecule has 0 bridgehead atoms. The second-order valence-corrected chi connectivity index (χ2v) is 4.04. The van der Waals surface area contributed by atoms with Crippen LogP contribution in [-0.4, -0.2) is 42.4 Å². The Morgan fingerprint density at radius 3 is 2.41 bits per heavy atom. The molecule has 0 aromatic carbocycles. The minimum Gasteiger partial charge on any atom is -0.370 e. The molecule has 17 heavy (non-hydrogen) atoms. The Balaban J connectivity index is 3.96. The Bertz CT molecular complexity index is 249. The fourth-order valence-corrected chi connectivity index (χ4v) is 1.41. The van der Waals surface area contributed by atoms with Gasteiger partial charge in [0.2, 0.25) is 5.91 Å².